The van der Waals surface area contributed by atoms with Gasteiger partial charge < -0.3 is 25.9 Å². The summed E-state index contributed by atoms with van der Waals surface area (Å²) in [6, 6.07) is -0.876. The van der Waals surface area contributed by atoms with E-state index in [1.165, 1.54) is 0 Å². The SMILES string of the molecule is CC(C)C[C@H](N)C(=O)NC(CCC(=O)O)P(=O)(O)O. The molecule has 0 saturated heterocycles. The molecule has 1 unspecified atom stereocenters. The number of carboxylic acid groups (broad SMARTS) is 1. The predicted octanol–water partition coefficient (Wildman–Crippen LogP) is -0.155. The zero-order valence-electron chi connectivity index (χ0n) is 10.9. The molecule has 8 nitrogen and oxygen atoms in total. The molecule has 0 aromatic heterocycles. The first-order valence-electron chi connectivity index (χ1n) is 5.87. The molecule has 0 radical (unpaired) electrons. The maximum Gasteiger partial charge on any atom is 0.347 e. The van der Waals surface area contributed by atoms with Crippen LogP contribution in [-0.4, -0.2) is 38.6 Å². The molecule has 0 aliphatic carbocycles. The molecule has 0 fully saturated rings. The average Bonchev–Trinajstić information content (AvgIpc) is 2.20. The van der Waals surface area contributed by atoms with Crippen LogP contribution in [0.2, 0.25) is 0 Å². The standard InChI is InChI=1S/C10H21N2O6P/c1-6(2)5-7(11)10(15)12-8(19(16,17)18)3-4-9(13)14/h6-8H,3-5,11H2,1-2H3,(H,12,15)(H,13,14)(H2,16,17,18)/t7-,8?/m0/s1. The predicted molar refractivity (Wildman–Crippen MR) is 68.3 cm³/mol. The normalized spacial score (nSPS) is 15.1. The van der Waals surface area contributed by atoms with Crippen molar-refractivity contribution >= 4 is 19.5 Å². The highest BCUT2D eigenvalue weighted by Gasteiger charge is 2.32. The minimum atomic E-state index is -4.61. The highest BCUT2D eigenvalue weighted by atomic mass is 31.2. The lowest BCUT2D eigenvalue weighted by Gasteiger charge is -2.22. The second kappa shape index (κ2) is 7.59. The van der Waals surface area contributed by atoms with Gasteiger partial charge in [0.1, 0.15) is 5.78 Å². The van der Waals surface area contributed by atoms with Gasteiger partial charge in [0.25, 0.3) is 0 Å². The lowest BCUT2D eigenvalue weighted by Crippen LogP contribution is -2.46. The molecule has 0 aromatic rings. The summed E-state index contributed by atoms with van der Waals surface area (Å²) >= 11 is 0. The molecule has 0 aliphatic heterocycles. The highest BCUT2D eigenvalue weighted by molar-refractivity contribution is 7.52. The number of amides is 1. The molecule has 0 spiro atoms. The molecule has 0 aromatic carbocycles. The van der Waals surface area contributed by atoms with Crippen molar-refractivity contribution in [3.63, 3.8) is 0 Å². The van der Waals surface area contributed by atoms with E-state index in [2.05, 4.69) is 5.32 Å². The topological polar surface area (TPSA) is 150 Å². The third-order valence-electron chi connectivity index (χ3n) is 2.41. The van der Waals surface area contributed by atoms with E-state index in [1.807, 2.05) is 13.8 Å². The summed E-state index contributed by atoms with van der Waals surface area (Å²) in [5.41, 5.74) is 5.58. The van der Waals surface area contributed by atoms with Crippen molar-refractivity contribution < 1.29 is 29.0 Å². The van der Waals surface area contributed by atoms with Gasteiger partial charge in [-0.1, -0.05) is 13.8 Å². The first-order chi connectivity index (χ1) is 8.54. The summed E-state index contributed by atoms with van der Waals surface area (Å²) in [6.45, 7) is 3.72. The monoisotopic (exact) mass is 296 g/mol. The Morgan fingerprint density at radius 2 is 1.84 bits per heavy atom. The van der Waals surface area contributed by atoms with Crippen molar-refractivity contribution in [3.8, 4) is 0 Å². The van der Waals surface area contributed by atoms with E-state index in [1.54, 1.807) is 0 Å². The summed E-state index contributed by atoms with van der Waals surface area (Å²) in [7, 11) is -4.61. The average molecular weight is 296 g/mol. The molecule has 2 atom stereocenters. The Morgan fingerprint density at radius 3 is 2.21 bits per heavy atom. The maximum absolute atomic E-state index is 11.7. The van der Waals surface area contributed by atoms with E-state index >= 15 is 0 Å². The summed E-state index contributed by atoms with van der Waals surface area (Å²) in [6.07, 6.45) is -0.423. The van der Waals surface area contributed by atoms with Crippen LogP contribution >= 0.6 is 7.60 Å². The molecular formula is C10H21N2O6P. The van der Waals surface area contributed by atoms with Crippen molar-refractivity contribution in [3.05, 3.63) is 0 Å². The minimum absolute atomic E-state index is 0.160. The van der Waals surface area contributed by atoms with Crippen molar-refractivity contribution in [2.75, 3.05) is 0 Å². The molecule has 1 amide bonds. The minimum Gasteiger partial charge on any atom is -0.481 e. The lowest BCUT2D eigenvalue weighted by atomic mass is 10.0. The zero-order valence-corrected chi connectivity index (χ0v) is 11.8. The Hall–Kier alpha value is -0.950. The molecule has 112 valence electrons. The number of carbonyl (C=O) groups is 2. The molecule has 6 N–H and O–H groups in total. The Labute approximate surface area is 111 Å². The van der Waals surface area contributed by atoms with Crippen LogP contribution in [0.3, 0.4) is 0 Å². The maximum atomic E-state index is 11.7. The molecule has 0 heterocycles. The fraction of sp³-hybridized carbons (Fsp3) is 0.800. The Balaban J connectivity index is 4.60. The number of carbonyl (C=O) groups excluding carboxylic acids is 1. The van der Waals surface area contributed by atoms with Crippen LogP contribution in [0.25, 0.3) is 0 Å². The first-order valence-corrected chi connectivity index (χ1v) is 7.55. The van der Waals surface area contributed by atoms with E-state index in [4.69, 9.17) is 20.6 Å². The first kappa shape index (κ1) is 18.0. The van der Waals surface area contributed by atoms with Gasteiger partial charge in [-0.15, -0.1) is 0 Å². The summed E-state index contributed by atoms with van der Waals surface area (Å²) in [5.74, 6) is -3.24. The van der Waals surface area contributed by atoms with Crippen LogP contribution in [0.1, 0.15) is 33.1 Å². The van der Waals surface area contributed by atoms with E-state index in [0.717, 1.165) is 0 Å². The number of carboxylic acids is 1. The zero-order chi connectivity index (χ0) is 15.2. The van der Waals surface area contributed by atoms with Crippen LogP contribution in [0.5, 0.6) is 0 Å². The quantitative estimate of drug-likeness (QED) is 0.391. The van der Waals surface area contributed by atoms with Gasteiger partial charge in [-0.3, -0.25) is 14.2 Å². The summed E-state index contributed by atoms with van der Waals surface area (Å²) in [5, 5.41) is 10.6. The van der Waals surface area contributed by atoms with E-state index in [-0.39, 0.29) is 12.3 Å². The van der Waals surface area contributed by atoms with Crippen LogP contribution in [-0.2, 0) is 14.2 Å². The number of aliphatic carboxylic acids is 1. The molecule has 0 aliphatic rings. The molecule has 0 bridgehead atoms. The van der Waals surface area contributed by atoms with E-state index in [0.29, 0.717) is 6.42 Å². The van der Waals surface area contributed by atoms with Crippen LogP contribution in [0, 0.1) is 5.92 Å². The van der Waals surface area contributed by atoms with Crippen molar-refractivity contribution in [2.45, 2.75) is 44.9 Å². The van der Waals surface area contributed by atoms with Gasteiger partial charge in [0.05, 0.1) is 6.04 Å². The van der Waals surface area contributed by atoms with Crippen molar-refractivity contribution in [1.82, 2.24) is 5.32 Å². The Kier molecular flexibility index (Phi) is 7.21. The third kappa shape index (κ3) is 7.94. The second-order valence-electron chi connectivity index (χ2n) is 4.78. The number of rotatable bonds is 8. The van der Waals surface area contributed by atoms with E-state index < -0.39 is 37.7 Å². The molecule has 0 rings (SSSR count). The lowest BCUT2D eigenvalue weighted by molar-refractivity contribution is -0.137. The molecule has 0 saturated carbocycles. The van der Waals surface area contributed by atoms with Gasteiger partial charge in [0.15, 0.2) is 0 Å². The van der Waals surface area contributed by atoms with Crippen molar-refractivity contribution in [2.24, 2.45) is 11.7 Å². The van der Waals surface area contributed by atoms with Crippen molar-refractivity contribution in [1.29, 1.82) is 0 Å². The third-order valence-corrected chi connectivity index (χ3v) is 3.61. The van der Waals surface area contributed by atoms with Gasteiger partial charge in [0, 0.05) is 6.42 Å². The molecule has 9 heteroatoms. The smallest absolute Gasteiger partial charge is 0.347 e. The van der Waals surface area contributed by atoms with Gasteiger partial charge in [-0.2, -0.15) is 0 Å². The van der Waals surface area contributed by atoms with Gasteiger partial charge >= 0.3 is 13.6 Å². The number of hydrogen-bond donors (Lipinski definition) is 5. The van der Waals surface area contributed by atoms with E-state index in [9.17, 15) is 14.2 Å². The fourth-order valence-electron chi connectivity index (χ4n) is 1.47. The molecular weight excluding hydrogens is 275 g/mol. The Bertz CT molecular complexity index is 367. The van der Waals surface area contributed by atoms with Gasteiger partial charge in [-0.25, -0.2) is 0 Å². The largest absolute Gasteiger partial charge is 0.481 e. The summed E-state index contributed by atoms with van der Waals surface area (Å²) < 4.78 is 11.2. The van der Waals surface area contributed by atoms with Crippen LogP contribution in [0.15, 0.2) is 0 Å². The van der Waals surface area contributed by atoms with Gasteiger partial charge in [0.2, 0.25) is 5.91 Å². The number of nitrogens with two attached hydrogens (primary N) is 1. The highest BCUT2D eigenvalue weighted by Crippen LogP contribution is 2.41. The number of nitrogens with one attached hydrogen (secondary N) is 1. The van der Waals surface area contributed by atoms with Crippen LogP contribution < -0.4 is 11.1 Å². The number of hydrogen-bond acceptors (Lipinski definition) is 4. The Morgan fingerprint density at radius 1 is 1.32 bits per heavy atom. The van der Waals surface area contributed by atoms with Gasteiger partial charge in [-0.05, 0) is 18.8 Å². The second-order valence-corrected chi connectivity index (χ2v) is 6.58. The summed E-state index contributed by atoms with van der Waals surface area (Å²) in [4.78, 5) is 40.2. The fourth-order valence-corrected chi connectivity index (χ4v) is 2.23. The molecule has 19 heavy (non-hydrogen) atoms. The van der Waals surface area contributed by atoms with Crippen LogP contribution in [0.4, 0.5) is 0 Å².